The molecule has 0 unspecified atom stereocenters. The summed E-state index contributed by atoms with van der Waals surface area (Å²) in [5.74, 6) is 4.08. The Bertz CT molecular complexity index is 3260. The molecule has 7 aromatic carbocycles. The Hall–Kier alpha value is -6.36. The largest absolute Gasteiger partial charge is 0.455 e. The van der Waals surface area contributed by atoms with E-state index in [-0.39, 0.29) is 5.41 Å². The fourth-order valence-electron chi connectivity index (χ4n) is 13.9. The molecule has 4 fully saturated rings. The van der Waals surface area contributed by atoms with Crippen LogP contribution in [0.1, 0.15) is 43.2 Å². The summed E-state index contributed by atoms with van der Waals surface area (Å²) in [7, 11) is -2.06. The quantitative estimate of drug-likeness (QED) is 0.166. The van der Waals surface area contributed by atoms with Gasteiger partial charge in [0.1, 0.15) is 19.2 Å². The van der Waals surface area contributed by atoms with Crippen LogP contribution in [0, 0.1) is 23.7 Å². The van der Waals surface area contributed by atoms with Crippen LogP contribution in [0.2, 0.25) is 13.1 Å². The van der Waals surface area contributed by atoms with Crippen LogP contribution < -0.4 is 10.4 Å². The van der Waals surface area contributed by atoms with Gasteiger partial charge in [-0.2, -0.15) is 0 Å². The molecule has 298 valence electrons. The number of aromatic nitrogens is 2. The van der Waals surface area contributed by atoms with E-state index in [0.29, 0.717) is 5.82 Å². The highest BCUT2D eigenvalue weighted by molar-refractivity contribution is 7.04. The Morgan fingerprint density at radius 1 is 0.484 bits per heavy atom. The monoisotopic (exact) mass is 814 g/mol. The minimum atomic E-state index is -2.06. The lowest BCUT2D eigenvalue weighted by Crippen LogP contribution is -2.56. The zero-order valence-electron chi connectivity index (χ0n) is 35.2. The molecule has 4 bridgehead atoms. The third kappa shape index (κ3) is 4.71. The van der Waals surface area contributed by atoms with Crippen LogP contribution in [0.4, 0.5) is 0 Å². The van der Waals surface area contributed by atoms with E-state index in [1.807, 2.05) is 12.1 Å². The molecular weight excluding hydrogens is 769 g/mol. The van der Waals surface area contributed by atoms with Crippen LogP contribution in [-0.4, -0.2) is 18.0 Å². The zero-order chi connectivity index (χ0) is 40.9. The number of hydrogen-bond acceptors (Lipinski definition) is 3. The summed E-state index contributed by atoms with van der Waals surface area (Å²) >= 11 is 0. The summed E-state index contributed by atoms with van der Waals surface area (Å²) in [6, 6.07) is 58.2. The minimum Gasteiger partial charge on any atom is -0.455 e. The number of para-hydroxylation sites is 1. The Morgan fingerprint density at radius 2 is 1.13 bits per heavy atom. The first-order chi connectivity index (χ1) is 30.4. The van der Waals surface area contributed by atoms with Crippen molar-refractivity contribution in [2.45, 2.75) is 50.6 Å². The Balaban J connectivity index is 0.927. The van der Waals surface area contributed by atoms with Gasteiger partial charge < -0.3 is 4.42 Å². The van der Waals surface area contributed by atoms with Gasteiger partial charge in [-0.25, -0.2) is 9.97 Å². The number of rotatable bonds is 4. The van der Waals surface area contributed by atoms with Crippen molar-refractivity contribution in [3.8, 4) is 67.3 Å². The summed E-state index contributed by atoms with van der Waals surface area (Å²) < 4.78 is 7.04. The molecule has 3 nitrogen and oxygen atoms in total. The second-order valence-corrected chi connectivity index (χ2v) is 24.0. The van der Waals surface area contributed by atoms with Gasteiger partial charge in [-0.1, -0.05) is 147 Å². The van der Waals surface area contributed by atoms with Gasteiger partial charge in [0.25, 0.3) is 0 Å². The van der Waals surface area contributed by atoms with Crippen molar-refractivity contribution in [2.75, 3.05) is 0 Å². The molecule has 0 radical (unpaired) electrons. The Morgan fingerprint density at radius 3 is 1.85 bits per heavy atom. The minimum absolute atomic E-state index is 0.173. The third-order valence-corrected chi connectivity index (χ3v) is 19.8. The number of furan rings is 1. The molecule has 0 atom stereocenters. The standard InChI is InChI=1S/C58H46N2OSi/c1-62(2)53-22-12-18-43(55(53)47-31-46-41-17-9-10-21-48(41)58(49(46)32-54(47)62)39-26-34-25-35(28-39)29-40(58)27-34)45-20-11-19-44-42-24-23-38(30-52(42)61-56(44)45)57-59-50(36-13-5-3-6-14-36)33-51(60-57)37-15-7-4-8-16-37/h3-24,30-35,39-40H,25-29H2,1-2H3. The maximum Gasteiger partial charge on any atom is 0.160 e. The van der Waals surface area contributed by atoms with Crippen molar-refractivity contribution in [3.63, 3.8) is 0 Å². The van der Waals surface area contributed by atoms with Gasteiger partial charge in [0.15, 0.2) is 5.82 Å². The molecule has 5 aliphatic carbocycles. The predicted octanol–water partition coefficient (Wildman–Crippen LogP) is 13.6. The van der Waals surface area contributed by atoms with E-state index in [2.05, 4.69) is 159 Å². The van der Waals surface area contributed by atoms with Crippen LogP contribution in [-0.2, 0) is 5.41 Å². The average Bonchev–Trinajstić information content (AvgIpc) is 3.91. The van der Waals surface area contributed by atoms with Crippen LogP contribution in [0.3, 0.4) is 0 Å². The van der Waals surface area contributed by atoms with Crippen molar-refractivity contribution >= 4 is 40.4 Å². The van der Waals surface area contributed by atoms with Crippen LogP contribution in [0.25, 0.3) is 89.2 Å². The van der Waals surface area contributed by atoms with E-state index >= 15 is 0 Å². The Labute approximate surface area is 363 Å². The van der Waals surface area contributed by atoms with Gasteiger partial charge >= 0.3 is 0 Å². The lowest BCUT2D eigenvalue weighted by atomic mass is 9.43. The number of hydrogen-bond donors (Lipinski definition) is 0. The molecule has 62 heavy (non-hydrogen) atoms. The van der Waals surface area contributed by atoms with Crippen LogP contribution in [0.15, 0.2) is 162 Å². The van der Waals surface area contributed by atoms with Gasteiger partial charge in [0.2, 0.25) is 0 Å². The molecular formula is C58H46N2OSi. The highest BCUT2D eigenvalue weighted by Crippen LogP contribution is 2.69. The lowest BCUT2D eigenvalue weighted by molar-refractivity contribution is -0.0399. The van der Waals surface area contributed by atoms with Gasteiger partial charge in [-0.05, 0) is 129 Å². The maximum absolute atomic E-state index is 7.04. The van der Waals surface area contributed by atoms with E-state index < -0.39 is 8.07 Å². The average molecular weight is 815 g/mol. The van der Waals surface area contributed by atoms with E-state index in [0.717, 1.165) is 79.3 Å². The second kappa shape index (κ2) is 12.6. The summed E-state index contributed by atoms with van der Waals surface area (Å²) in [6.07, 6.45) is 7.12. The molecule has 1 spiro atoms. The molecule has 9 aromatic rings. The van der Waals surface area contributed by atoms with Crippen molar-refractivity contribution < 1.29 is 4.42 Å². The van der Waals surface area contributed by atoms with Crippen molar-refractivity contribution in [2.24, 2.45) is 23.7 Å². The molecule has 0 amide bonds. The van der Waals surface area contributed by atoms with E-state index in [1.165, 1.54) is 59.9 Å². The first kappa shape index (κ1) is 35.3. The first-order valence-corrected chi connectivity index (χ1v) is 25.8. The van der Waals surface area contributed by atoms with Gasteiger partial charge in [0.05, 0.1) is 11.4 Å². The molecule has 4 saturated carbocycles. The fraction of sp³-hybridized carbons (Fsp3) is 0.207. The normalized spacial score (nSPS) is 23.2. The SMILES string of the molecule is C[Si]1(C)c2cc3c(cc2-c2c(-c4cccc5c4oc4cc(-c6nc(-c7ccccc7)cc(-c7ccccc7)n6)ccc45)cccc21)-c1ccccc1C31C2CC3CC(C2)CC1C3. The smallest absolute Gasteiger partial charge is 0.160 e. The number of fused-ring (bicyclic) bond motifs is 9. The highest BCUT2D eigenvalue weighted by atomic mass is 28.3. The third-order valence-electron chi connectivity index (χ3n) is 16.3. The topological polar surface area (TPSA) is 38.9 Å². The Kier molecular flexibility index (Phi) is 7.17. The molecule has 0 N–H and O–H groups in total. The number of benzene rings is 7. The van der Waals surface area contributed by atoms with Gasteiger partial charge in [-0.3, -0.25) is 0 Å². The summed E-state index contributed by atoms with van der Waals surface area (Å²) in [4.78, 5) is 10.3. The summed E-state index contributed by atoms with van der Waals surface area (Å²) in [6.45, 7) is 5.20. The van der Waals surface area contributed by atoms with Crippen LogP contribution in [0.5, 0.6) is 0 Å². The van der Waals surface area contributed by atoms with Crippen molar-refractivity contribution in [1.82, 2.24) is 9.97 Å². The molecule has 6 aliphatic rings. The molecule has 15 rings (SSSR count). The predicted molar refractivity (Wildman–Crippen MR) is 257 cm³/mol. The van der Waals surface area contributed by atoms with Gasteiger partial charge in [-0.15, -0.1) is 0 Å². The highest BCUT2D eigenvalue weighted by Gasteiger charge is 2.62. The fourth-order valence-corrected chi connectivity index (χ4v) is 17.0. The maximum atomic E-state index is 7.04. The molecule has 2 aromatic heterocycles. The molecule has 1 aliphatic heterocycles. The number of nitrogens with zero attached hydrogens (tertiary/aromatic N) is 2. The van der Waals surface area contributed by atoms with E-state index in [1.54, 1.807) is 21.5 Å². The molecule has 3 heterocycles. The summed E-state index contributed by atoms with van der Waals surface area (Å²) in [5, 5.41) is 5.40. The van der Waals surface area contributed by atoms with Gasteiger partial charge in [0, 0.05) is 38.4 Å². The second-order valence-electron chi connectivity index (χ2n) is 19.7. The van der Waals surface area contributed by atoms with Crippen molar-refractivity contribution in [3.05, 3.63) is 169 Å². The molecule has 4 heteroatoms. The lowest BCUT2D eigenvalue weighted by Gasteiger charge is -2.61. The van der Waals surface area contributed by atoms with Crippen LogP contribution >= 0.6 is 0 Å². The van der Waals surface area contributed by atoms with E-state index in [4.69, 9.17) is 14.4 Å². The summed E-state index contributed by atoms with van der Waals surface area (Å²) in [5.41, 5.74) is 18.4. The van der Waals surface area contributed by atoms with E-state index in [9.17, 15) is 0 Å². The first-order valence-electron chi connectivity index (χ1n) is 22.8. The zero-order valence-corrected chi connectivity index (χ0v) is 36.2. The van der Waals surface area contributed by atoms with Crippen molar-refractivity contribution in [1.29, 1.82) is 0 Å². The molecule has 0 saturated heterocycles.